The van der Waals surface area contributed by atoms with E-state index >= 15 is 0 Å². The summed E-state index contributed by atoms with van der Waals surface area (Å²) in [5.74, 6) is -1.41. The monoisotopic (exact) mass is 549 g/mol. The third-order valence-corrected chi connectivity index (χ3v) is 7.88. The van der Waals surface area contributed by atoms with Gasteiger partial charge < -0.3 is 21.7 Å². The number of rotatable bonds is 12. The van der Waals surface area contributed by atoms with Crippen molar-refractivity contribution in [3.05, 3.63) is 52.5 Å². The highest BCUT2D eigenvalue weighted by Gasteiger charge is 2.40. The molecule has 2 heterocycles. The van der Waals surface area contributed by atoms with Crippen molar-refractivity contribution in [1.82, 2.24) is 19.5 Å². The molecule has 2 atom stereocenters. The highest BCUT2D eigenvalue weighted by molar-refractivity contribution is 7.88. The Kier molecular flexibility index (Phi) is 9.72. The third-order valence-electron chi connectivity index (χ3n) is 5.81. The van der Waals surface area contributed by atoms with Crippen LogP contribution in [-0.4, -0.2) is 90.7 Å². The first-order valence-electron chi connectivity index (χ1n) is 11.6. The second-order valence-electron chi connectivity index (χ2n) is 8.61. The first-order chi connectivity index (χ1) is 17.6. The molecular weight excluding hydrogens is 518 g/mol. The molecule has 1 aliphatic heterocycles. The van der Waals surface area contributed by atoms with Crippen LogP contribution in [0.2, 0.25) is 0 Å². The zero-order valence-electron chi connectivity index (χ0n) is 20.4. The van der Waals surface area contributed by atoms with Gasteiger partial charge in [0, 0.05) is 31.2 Å². The van der Waals surface area contributed by atoms with Gasteiger partial charge >= 0.3 is 0 Å². The lowest BCUT2D eigenvalue weighted by Gasteiger charge is -2.39. The van der Waals surface area contributed by atoms with E-state index in [9.17, 15) is 22.8 Å². The molecule has 1 fully saturated rings. The van der Waals surface area contributed by atoms with Crippen molar-refractivity contribution in [2.45, 2.75) is 31.3 Å². The maximum absolute atomic E-state index is 13.3. The van der Waals surface area contributed by atoms with E-state index < -0.39 is 33.9 Å². The van der Waals surface area contributed by atoms with Crippen LogP contribution in [-0.2, 0) is 26.0 Å². The van der Waals surface area contributed by atoms with Gasteiger partial charge in [-0.05, 0) is 24.8 Å². The summed E-state index contributed by atoms with van der Waals surface area (Å²) in [5, 5.41) is 4.63. The second-order valence-corrected chi connectivity index (χ2v) is 11.4. The number of hydrogen-bond acceptors (Lipinski definition) is 8. The fourth-order valence-electron chi connectivity index (χ4n) is 4.08. The summed E-state index contributed by atoms with van der Waals surface area (Å²) >= 11 is 1.16. The predicted octanol–water partition coefficient (Wildman–Crippen LogP) is -0.421. The number of thiazole rings is 1. The number of carbonyl (C=O) groups excluding carboxylic acids is 3. The number of nitrogens with one attached hydrogen (secondary N) is 1. The number of nitrogens with zero attached hydrogens (tertiary/aromatic N) is 4. The Morgan fingerprint density at radius 3 is 2.59 bits per heavy atom. The van der Waals surface area contributed by atoms with Crippen LogP contribution in [0.1, 0.15) is 28.2 Å². The van der Waals surface area contributed by atoms with Gasteiger partial charge in [-0.25, -0.2) is 13.4 Å². The van der Waals surface area contributed by atoms with Crippen molar-refractivity contribution < 1.29 is 22.8 Å². The van der Waals surface area contributed by atoms with Crippen molar-refractivity contribution in [2.24, 2.45) is 16.5 Å². The highest BCUT2D eigenvalue weighted by Crippen LogP contribution is 2.19. The largest absolute Gasteiger partial charge is 0.370 e. The van der Waals surface area contributed by atoms with Crippen LogP contribution >= 0.6 is 11.3 Å². The summed E-state index contributed by atoms with van der Waals surface area (Å²) in [6.45, 7) is 0.0970. The van der Waals surface area contributed by atoms with Crippen molar-refractivity contribution in [2.75, 3.05) is 32.4 Å². The maximum atomic E-state index is 13.3. The number of nitrogens with two attached hydrogens (primary N) is 2. The molecule has 0 spiro atoms. The minimum absolute atomic E-state index is 0.0558. The van der Waals surface area contributed by atoms with E-state index in [0.717, 1.165) is 23.2 Å². The summed E-state index contributed by atoms with van der Waals surface area (Å²) in [6, 6.07) is 7.24. The Balaban J connectivity index is 1.70. The molecule has 0 aliphatic carbocycles. The van der Waals surface area contributed by atoms with Gasteiger partial charge in [0.1, 0.15) is 6.04 Å². The fraction of sp³-hybridized carbons (Fsp3) is 0.435. The van der Waals surface area contributed by atoms with Gasteiger partial charge in [0.15, 0.2) is 11.0 Å². The molecule has 12 nitrogen and oxygen atoms in total. The van der Waals surface area contributed by atoms with Crippen molar-refractivity contribution in [3.8, 4) is 0 Å². The van der Waals surface area contributed by atoms with Crippen LogP contribution in [0.3, 0.4) is 0 Å². The number of aliphatic imine (C=N–C) groups is 1. The molecule has 200 valence electrons. The lowest BCUT2D eigenvalue weighted by molar-refractivity contribution is -0.142. The van der Waals surface area contributed by atoms with Crippen molar-refractivity contribution in [3.63, 3.8) is 0 Å². The Labute approximate surface area is 219 Å². The Morgan fingerprint density at radius 1 is 1.24 bits per heavy atom. The number of carbonyl (C=O) groups is 3. The highest BCUT2D eigenvalue weighted by atomic mass is 32.2. The van der Waals surface area contributed by atoms with Gasteiger partial charge in [-0.15, -0.1) is 11.3 Å². The lowest BCUT2D eigenvalue weighted by Crippen LogP contribution is -2.60. The zero-order chi connectivity index (χ0) is 27.0. The first kappa shape index (κ1) is 28.2. The predicted molar refractivity (Wildman–Crippen MR) is 140 cm³/mol. The Morgan fingerprint density at radius 2 is 1.97 bits per heavy atom. The zero-order valence-corrected chi connectivity index (χ0v) is 22.1. The van der Waals surface area contributed by atoms with E-state index in [2.05, 4.69) is 15.3 Å². The number of amides is 2. The fourth-order valence-corrected chi connectivity index (χ4v) is 5.75. The van der Waals surface area contributed by atoms with Gasteiger partial charge in [-0.3, -0.25) is 19.4 Å². The number of hydrogen-bond donors (Lipinski definition) is 3. The molecule has 2 aromatic rings. The van der Waals surface area contributed by atoms with Crippen molar-refractivity contribution >= 4 is 44.9 Å². The van der Waals surface area contributed by atoms with E-state index in [1.54, 1.807) is 5.38 Å². The topological polar surface area (TPSA) is 181 Å². The first-order valence-corrected chi connectivity index (χ1v) is 14.4. The van der Waals surface area contributed by atoms with E-state index in [0.29, 0.717) is 6.42 Å². The standard InChI is InChI=1S/C23H31N7O5S2/c1-37(34,35)30-12-11-29(22(33)18(30)14-16-6-3-2-4-7-16)15-19(31)28-17(8-5-9-27-23(24)25)20(32)21-26-10-13-36-21/h2-4,6-7,10,13,17-18H,5,8-9,11-12,14-15H2,1H3,(H,28,31)(H4,24,25,27)/t17-,18-/m0/s1. The number of aromatic nitrogens is 1. The number of piperazine rings is 1. The average Bonchev–Trinajstić information content (AvgIpc) is 3.38. The minimum Gasteiger partial charge on any atom is -0.370 e. The van der Waals surface area contributed by atoms with Crippen LogP contribution < -0.4 is 16.8 Å². The van der Waals surface area contributed by atoms with Crippen LogP contribution in [0.25, 0.3) is 0 Å². The summed E-state index contributed by atoms with van der Waals surface area (Å²) in [4.78, 5) is 48.5. The summed E-state index contributed by atoms with van der Waals surface area (Å²) in [7, 11) is -3.65. The number of ketones is 1. The van der Waals surface area contributed by atoms with E-state index in [1.165, 1.54) is 15.4 Å². The van der Waals surface area contributed by atoms with E-state index in [1.807, 2.05) is 30.3 Å². The third kappa shape index (κ3) is 8.06. The van der Waals surface area contributed by atoms with Gasteiger partial charge in [-0.2, -0.15) is 4.31 Å². The van der Waals surface area contributed by atoms with Crippen LogP contribution in [0.5, 0.6) is 0 Å². The molecule has 0 radical (unpaired) electrons. The van der Waals surface area contributed by atoms with E-state index in [4.69, 9.17) is 11.5 Å². The summed E-state index contributed by atoms with van der Waals surface area (Å²) in [5.41, 5.74) is 11.5. The normalized spacial score (nSPS) is 17.3. The molecule has 3 rings (SSSR count). The van der Waals surface area contributed by atoms with Crippen LogP contribution in [0.4, 0.5) is 0 Å². The molecule has 0 unspecified atom stereocenters. The number of sulfonamides is 1. The van der Waals surface area contributed by atoms with Crippen LogP contribution in [0, 0.1) is 0 Å². The molecule has 1 saturated heterocycles. The van der Waals surface area contributed by atoms with Gasteiger partial charge in [0.25, 0.3) is 0 Å². The smallest absolute Gasteiger partial charge is 0.241 e. The van der Waals surface area contributed by atoms with E-state index in [-0.39, 0.29) is 55.8 Å². The number of benzene rings is 1. The lowest BCUT2D eigenvalue weighted by atomic mass is 10.0. The van der Waals surface area contributed by atoms with Crippen LogP contribution in [0.15, 0.2) is 46.9 Å². The Bertz CT molecular complexity index is 1220. The molecule has 37 heavy (non-hydrogen) atoms. The molecule has 2 amide bonds. The van der Waals surface area contributed by atoms with Gasteiger partial charge in [0.05, 0.1) is 18.8 Å². The molecular formula is C23H31N7O5S2. The molecule has 14 heteroatoms. The second kappa shape index (κ2) is 12.7. The minimum atomic E-state index is -3.65. The average molecular weight is 550 g/mol. The quantitative estimate of drug-likeness (QED) is 0.138. The van der Waals surface area contributed by atoms with Crippen molar-refractivity contribution in [1.29, 1.82) is 0 Å². The SMILES string of the molecule is CS(=O)(=O)N1CCN(CC(=O)N[C@@H](CCCN=C(N)N)C(=O)c2nccs2)C(=O)[C@@H]1Cc1ccccc1. The molecule has 1 aromatic heterocycles. The summed E-state index contributed by atoms with van der Waals surface area (Å²) in [6.07, 6.45) is 3.46. The molecule has 0 bridgehead atoms. The molecule has 5 N–H and O–H groups in total. The molecule has 1 aliphatic rings. The molecule has 1 aromatic carbocycles. The Hall–Kier alpha value is -3.36. The van der Waals surface area contributed by atoms with Gasteiger partial charge in [0.2, 0.25) is 27.6 Å². The maximum Gasteiger partial charge on any atom is 0.241 e. The number of Topliss-reactive ketones (excluding diaryl/α,β-unsaturated/α-hetero) is 1. The van der Waals surface area contributed by atoms with Gasteiger partial charge in [-0.1, -0.05) is 30.3 Å². The number of guanidine groups is 1. The molecule has 0 saturated carbocycles. The summed E-state index contributed by atoms with van der Waals surface area (Å²) < 4.78 is 25.9.